The number of carbonyl (C=O) groups excluding carboxylic acids is 1. The zero-order valence-electron chi connectivity index (χ0n) is 15.0. The smallest absolute Gasteiger partial charge is 0.166 e. The van der Waals surface area contributed by atoms with Crippen molar-refractivity contribution in [2.24, 2.45) is 16.6 Å². The molecule has 1 aromatic heterocycles. The third kappa shape index (κ3) is 2.54. The molecule has 1 aromatic carbocycles. The number of aromatic nitrogens is 1. The Morgan fingerprint density at radius 1 is 1.36 bits per heavy atom. The van der Waals surface area contributed by atoms with Crippen LogP contribution in [-0.4, -0.2) is 36.1 Å². The van der Waals surface area contributed by atoms with Crippen molar-refractivity contribution in [3.63, 3.8) is 0 Å². The molecule has 4 rings (SSSR count). The molecule has 2 aromatic rings. The summed E-state index contributed by atoms with van der Waals surface area (Å²) in [6.07, 6.45) is 7.19. The van der Waals surface area contributed by atoms with Gasteiger partial charge in [0.15, 0.2) is 6.29 Å². The SMILES string of the molecule is CN=C(N)[C@]1(n2c(C=O)cc3cc(C4CCPCC4)ccc32)CC1C. The Bertz CT molecular complexity index is 850. The molecule has 25 heavy (non-hydrogen) atoms. The summed E-state index contributed by atoms with van der Waals surface area (Å²) < 4.78 is 2.13. The number of amidine groups is 1. The first kappa shape index (κ1) is 16.8. The third-order valence-corrected chi connectivity index (χ3v) is 7.43. The molecule has 2 fully saturated rings. The van der Waals surface area contributed by atoms with Gasteiger partial charge in [-0.25, -0.2) is 0 Å². The quantitative estimate of drug-likeness (QED) is 0.393. The third-order valence-electron chi connectivity index (χ3n) is 6.14. The number of nitrogens with two attached hydrogens (primary N) is 1. The van der Waals surface area contributed by atoms with Gasteiger partial charge in [0.25, 0.3) is 0 Å². The zero-order valence-corrected chi connectivity index (χ0v) is 16.0. The van der Waals surface area contributed by atoms with E-state index in [-0.39, 0.29) is 5.54 Å². The summed E-state index contributed by atoms with van der Waals surface area (Å²) in [4.78, 5) is 16.0. The first-order valence-corrected chi connectivity index (χ1v) is 10.6. The monoisotopic (exact) mass is 355 g/mol. The van der Waals surface area contributed by atoms with Crippen molar-refractivity contribution in [1.29, 1.82) is 0 Å². The predicted molar refractivity (Wildman–Crippen MR) is 107 cm³/mol. The van der Waals surface area contributed by atoms with Crippen molar-refractivity contribution in [3.8, 4) is 0 Å². The van der Waals surface area contributed by atoms with E-state index < -0.39 is 0 Å². The molecule has 2 N–H and O–H groups in total. The Balaban J connectivity index is 1.84. The zero-order chi connectivity index (χ0) is 17.6. The highest BCUT2D eigenvalue weighted by molar-refractivity contribution is 7.38. The largest absolute Gasteiger partial charge is 0.385 e. The van der Waals surface area contributed by atoms with E-state index in [1.807, 2.05) is 6.07 Å². The first-order valence-electron chi connectivity index (χ1n) is 9.16. The maximum atomic E-state index is 11.8. The fourth-order valence-electron chi connectivity index (χ4n) is 4.58. The summed E-state index contributed by atoms with van der Waals surface area (Å²) >= 11 is 0. The summed E-state index contributed by atoms with van der Waals surface area (Å²) in [5.74, 6) is 1.69. The highest BCUT2D eigenvalue weighted by atomic mass is 31.1. The number of rotatable bonds is 4. The number of hydrogen-bond acceptors (Lipinski definition) is 2. The van der Waals surface area contributed by atoms with Crippen LogP contribution in [0, 0.1) is 5.92 Å². The van der Waals surface area contributed by atoms with E-state index in [9.17, 15) is 4.79 Å². The van der Waals surface area contributed by atoms with Gasteiger partial charge in [0.2, 0.25) is 0 Å². The van der Waals surface area contributed by atoms with E-state index in [1.54, 1.807) is 7.05 Å². The number of hydrogen-bond donors (Lipinski definition) is 1. The molecule has 2 aliphatic rings. The van der Waals surface area contributed by atoms with Crippen LogP contribution in [-0.2, 0) is 5.54 Å². The van der Waals surface area contributed by atoms with E-state index in [0.717, 1.165) is 32.2 Å². The van der Waals surface area contributed by atoms with Crippen molar-refractivity contribution in [1.82, 2.24) is 4.57 Å². The fourth-order valence-corrected chi connectivity index (χ4v) is 5.94. The lowest BCUT2D eigenvalue weighted by Gasteiger charge is -2.23. The van der Waals surface area contributed by atoms with E-state index in [1.165, 1.54) is 30.7 Å². The molecule has 132 valence electrons. The lowest BCUT2D eigenvalue weighted by atomic mass is 9.93. The molecule has 1 unspecified atom stereocenters. The lowest BCUT2D eigenvalue weighted by Crippen LogP contribution is -2.37. The van der Waals surface area contributed by atoms with E-state index in [2.05, 4.69) is 34.7 Å². The molecule has 1 saturated carbocycles. The topological polar surface area (TPSA) is 60.4 Å². The number of benzene rings is 1. The highest BCUT2D eigenvalue weighted by Gasteiger charge is 2.57. The average molecular weight is 355 g/mol. The van der Waals surface area contributed by atoms with Crippen LogP contribution in [0.2, 0.25) is 0 Å². The molecule has 0 radical (unpaired) electrons. The molecule has 1 saturated heterocycles. The van der Waals surface area contributed by atoms with Gasteiger partial charge in [0, 0.05) is 18.0 Å². The van der Waals surface area contributed by atoms with Gasteiger partial charge in [-0.2, -0.15) is 0 Å². The summed E-state index contributed by atoms with van der Waals surface area (Å²) in [6, 6.07) is 8.75. The molecule has 4 nitrogen and oxygen atoms in total. The highest BCUT2D eigenvalue weighted by Crippen LogP contribution is 2.52. The van der Waals surface area contributed by atoms with Gasteiger partial charge in [0.05, 0.1) is 5.69 Å². The maximum Gasteiger partial charge on any atom is 0.166 e. The minimum atomic E-state index is -0.333. The van der Waals surface area contributed by atoms with Gasteiger partial charge >= 0.3 is 0 Å². The maximum absolute atomic E-state index is 11.8. The van der Waals surface area contributed by atoms with Gasteiger partial charge in [-0.3, -0.25) is 9.79 Å². The Hall–Kier alpha value is -1.67. The molecule has 0 bridgehead atoms. The number of aliphatic imine (C=N–C) groups is 1. The number of carbonyl (C=O) groups is 1. The summed E-state index contributed by atoms with van der Waals surface area (Å²) in [7, 11) is 2.87. The van der Waals surface area contributed by atoms with Gasteiger partial charge in [0.1, 0.15) is 11.4 Å². The van der Waals surface area contributed by atoms with E-state index in [0.29, 0.717) is 23.4 Å². The second kappa shape index (κ2) is 6.25. The molecular formula is C20H26N3OP. The minimum absolute atomic E-state index is 0.333. The Morgan fingerprint density at radius 3 is 2.68 bits per heavy atom. The predicted octanol–water partition coefficient (Wildman–Crippen LogP) is 3.73. The molecule has 2 atom stereocenters. The van der Waals surface area contributed by atoms with Crippen molar-refractivity contribution >= 4 is 31.6 Å². The van der Waals surface area contributed by atoms with Crippen LogP contribution in [0.3, 0.4) is 0 Å². The number of aldehydes is 1. The average Bonchev–Trinajstić information content (AvgIpc) is 3.18. The fraction of sp³-hybridized carbons (Fsp3) is 0.500. The minimum Gasteiger partial charge on any atom is -0.385 e. The summed E-state index contributed by atoms with van der Waals surface area (Å²) in [5.41, 5.74) is 9.15. The second-order valence-electron chi connectivity index (χ2n) is 7.50. The van der Waals surface area contributed by atoms with Gasteiger partial charge < -0.3 is 10.3 Å². The van der Waals surface area contributed by atoms with Gasteiger partial charge in [-0.15, -0.1) is 8.58 Å². The molecular weight excluding hydrogens is 329 g/mol. The summed E-state index contributed by atoms with van der Waals surface area (Å²) in [6.45, 7) is 2.18. The van der Waals surface area contributed by atoms with Crippen LogP contribution in [0.5, 0.6) is 0 Å². The van der Waals surface area contributed by atoms with Crippen LogP contribution in [0.1, 0.15) is 48.2 Å². The van der Waals surface area contributed by atoms with Crippen LogP contribution in [0.25, 0.3) is 10.9 Å². The van der Waals surface area contributed by atoms with Crippen LogP contribution >= 0.6 is 8.58 Å². The number of nitrogens with zero attached hydrogens (tertiary/aromatic N) is 2. The van der Waals surface area contributed by atoms with Crippen molar-refractivity contribution in [2.75, 3.05) is 19.4 Å². The van der Waals surface area contributed by atoms with Crippen molar-refractivity contribution in [3.05, 3.63) is 35.5 Å². The van der Waals surface area contributed by atoms with E-state index in [4.69, 9.17) is 5.73 Å². The molecule has 0 spiro atoms. The molecule has 1 aliphatic carbocycles. The molecule has 2 heterocycles. The van der Waals surface area contributed by atoms with Gasteiger partial charge in [-0.1, -0.05) is 13.0 Å². The normalized spacial score (nSPS) is 30.7. The molecule has 1 aliphatic heterocycles. The Labute approximate surface area is 150 Å². The standard InChI is InChI=1S/C20H26N3OP/c1-13-11-20(13,19(21)22-2)23-17(12-24)10-16-9-15(3-4-18(16)23)14-5-7-25-8-6-14/h3-4,9-10,12-14,25H,5-8,11H2,1-2H3,(H2,21,22)/t13?,20-/m0/s1. The summed E-state index contributed by atoms with van der Waals surface area (Å²) in [5, 5.41) is 1.15. The lowest BCUT2D eigenvalue weighted by molar-refractivity contribution is 0.111. The first-order chi connectivity index (χ1) is 12.1. The number of fused-ring (bicyclic) bond motifs is 1. The Kier molecular flexibility index (Phi) is 4.19. The van der Waals surface area contributed by atoms with E-state index >= 15 is 0 Å². The van der Waals surface area contributed by atoms with Crippen LogP contribution < -0.4 is 5.73 Å². The van der Waals surface area contributed by atoms with Crippen LogP contribution in [0.15, 0.2) is 29.3 Å². The Morgan fingerprint density at radius 2 is 2.08 bits per heavy atom. The van der Waals surface area contributed by atoms with Gasteiger partial charge in [-0.05, 0) is 67.2 Å². The van der Waals surface area contributed by atoms with Crippen molar-refractivity contribution in [2.45, 2.75) is 37.6 Å². The molecule has 0 amide bonds. The second-order valence-corrected chi connectivity index (χ2v) is 9.00. The van der Waals surface area contributed by atoms with Crippen molar-refractivity contribution < 1.29 is 4.79 Å². The van der Waals surface area contributed by atoms with Crippen LogP contribution in [0.4, 0.5) is 0 Å². The molecule has 5 heteroatoms.